The van der Waals surface area contributed by atoms with Crippen molar-refractivity contribution in [3.63, 3.8) is 0 Å². The van der Waals surface area contributed by atoms with Gasteiger partial charge in [-0.3, -0.25) is 4.98 Å². The van der Waals surface area contributed by atoms with E-state index in [4.69, 9.17) is 17.5 Å². The minimum atomic E-state index is -4.67. The number of nitrogens with zero attached hydrogens (tertiary/aromatic N) is 1. The van der Waals surface area contributed by atoms with Crippen LogP contribution in [-0.4, -0.2) is 22.5 Å². The van der Waals surface area contributed by atoms with E-state index in [0.717, 1.165) is 5.56 Å². The van der Waals surface area contributed by atoms with Crippen LogP contribution in [0.15, 0.2) is 54.9 Å². The van der Waals surface area contributed by atoms with E-state index in [1.807, 2.05) is 30.5 Å². The number of hydrogen-bond donors (Lipinski definition) is 0. The van der Waals surface area contributed by atoms with E-state index >= 15 is 0 Å². The predicted octanol–water partition coefficient (Wildman–Crippen LogP) is 3.79. The van der Waals surface area contributed by atoms with Crippen LogP contribution in [0.4, 0.5) is 0 Å². The Labute approximate surface area is 143 Å². The fourth-order valence-corrected chi connectivity index (χ4v) is 1.16. The first-order valence-electron chi connectivity index (χ1n) is 4.63. The molecule has 2 aromatic rings. The smallest absolute Gasteiger partial charge is 0.693 e. The summed E-state index contributed by atoms with van der Waals surface area (Å²) in [5.74, 6) is 0. The molecule has 2 rings (SSSR count). The van der Waals surface area contributed by atoms with Crippen LogP contribution in [0.25, 0.3) is 35.7 Å². The summed E-state index contributed by atoms with van der Waals surface area (Å²) in [4.78, 5) is 4.06. The Morgan fingerprint density at radius 1 is 0.864 bits per heavy atom. The third-order valence-electron chi connectivity index (χ3n) is 1.77. The Kier molecular flexibility index (Phi) is 23.8. The molecule has 1 heterocycles. The molecule has 11 heteroatoms. The van der Waals surface area contributed by atoms with Gasteiger partial charge in [0, 0.05) is 12.4 Å². The van der Waals surface area contributed by atoms with Crippen molar-refractivity contribution in [1.29, 1.82) is 0 Å². The molecule has 0 bridgehead atoms. The maximum Gasteiger partial charge on any atom is 3.00 e. The van der Waals surface area contributed by atoms with Crippen LogP contribution in [0.5, 0.6) is 0 Å². The molecule has 0 fully saturated rings. The average molecular weight is 418 g/mol. The van der Waals surface area contributed by atoms with Crippen molar-refractivity contribution in [2.75, 3.05) is 0 Å². The molecule has 0 atom stereocenters. The molecule has 9 nitrogen and oxygen atoms in total. The monoisotopic (exact) mass is 419 g/mol. The summed E-state index contributed by atoms with van der Waals surface area (Å²) in [5, 5.41) is 0. The topological polar surface area (TPSA) is 227 Å². The van der Waals surface area contributed by atoms with Gasteiger partial charge in [-0.15, -0.1) is 0 Å². The van der Waals surface area contributed by atoms with Gasteiger partial charge in [-0.2, -0.15) is 8.42 Å². The van der Waals surface area contributed by atoms with Gasteiger partial charge in [0.1, 0.15) is 0 Å². The molecule has 1 radical (unpaired) electrons. The van der Waals surface area contributed by atoms with Crippen LogP contribution >= 0.6 is 0 Å². The largest absolute Gasteiger partial charge is 3.00 e. The summed E-state index contributed by atoms with van der Waals surface area (Å²) >= 11 is 0. The molecule has 0 saturated carbocycles. The first-order valence-corrected chi connectivity index (χ1v) is 6.03. The molecule has 0 saturated heterocycles. The molecular formula is C11H19N5O4RuS-. The molecule has 1 aromatic heterocycles. The minimum Gasteiger partial charge on any atom is -0.693 e. The zero-order valence-corrected chi connectivity index (χ0v) is 14.0. The number of hydrogen-bond acceptors (Lipinski definition) is 4. The number of rotatable bonds is 1. The van der Waals surface area contributed by atoms with Crippen LogP contribution in [0.3, 0.4) is 0 Å². The molecule has 0 aliphatic heterocycles. The van der Waals surface area contributed by atoms with E-state index in [0.29, 0.717) is 0 Å². The van der Waals surface area contributed by atoms with E-state index in [1.54, 1.807) is 6.20 Å². The molecular weight excluding hydrogens is 399 g/mol. The summed E-state index contributed by atoms with van der Waals surface area (Å²) in [6.45, 7) is 0. The summed E-state index contributed by atoms with van der Waals surface area (Å²) in [6.07, 6.45) is 3.65. The molecule has 0 unspecified atom stereocenters. The maximum atomic E-state index is 8.74. The Bertz CT molecular complexity index is 512. The first kappa shape index (κ1) is 32.6. The molecule has 0 spiro atoms. The van der Waals surface area contributed by atoms with Crippen LogP contribution in [0.2, 0.25) is 0 Å². The first-order chi connectivity index (χ1) is 7.97. The van der Waals surface area contributed by atoms with Gasteiger partial charge in [-0.25, -0.2) is 0 Å². The predicted molar refractivity (Wildman–Crippen MR) is 84.1 cm³/mol. The second-order valence-electron chi connectivity index (χ2n) is 3.06. The molecule has 127 valence electrons. The van der Waals surface area contributed by atoms with Gasteiger partial charge in [0.25, 0.3) is 0 Å². The van der Waals surface area contributed by atoms with Crippen LogP contribution in [-0.2, 0) is 29.9 Å². The van der Waals surface area contributed by atoms with E-state index in [1.165, 1.54) is 5.56 Å². The van der Waals surface area contributed by atoms with Gasteiger partial charge in [0.2, 0.25) is 0 Å². The van der Waals surface area contributed by atoms with Crippen LogP contribution in [0.1, 0.15) is 0 Å². The van der Waals surface area contributed by atoms with Crippen molar-refractivity contribution < 1.29 is 37.0 Å². The maximum absolute atomic E-state index is 8.74. The Morgan fingerprint density at radius 3 is 1.64 bits per heavy atom. The molecule has 10 N–H and O–H groups in total. The van der Waals surface area contributed by atoms with Gasteiger partial charge in [-0.05, 0) is 17.2 Å². The number of benzene rings is 1. The molecule has 0 amide bonds. The Balaban J connectivity index is -0.0000000870. The molecule has 0 aliphatic rings. The number of nitrogens with two attached hydrogens (primary N) is 4. The van der Waals surface area contributed by atoms with E-state index < -0.39 is 10.4 Å². The zero-order chi connectivity index (χ0) is 12.7. The minimum absolute atomic E-state index is 0. The van der Waals surface area contributed by atoms with Crippen molar-refractivity contribution in [1.82, 2.24) is 4.98 Å². The normalized spacial score (nSPS) is 7.91. The summed E-state index contributed by atoms with van der Waals surface area (Å²) in [7, 11) is -4.67. The Morgan fingerprint density at radius 2 is 1.27 bits per heavy atom. The second kappa shape index (κ2) is 16.1. The van der Waals surface area contributed by atoms with Crippen molar-refractivity contribution in [3.05, 3.63) is 79.5 Å². The quantitative estimate of drug-likeness (QED) is 0.291. The summed E-state index contributed by atoms with van der Waals surface area (Å²) in [5.41, 5.74) is 2.38. The van der Waals surface area contributed by atoms with Crippen molar-refractivity contribution >= 4 is 10.4 Å². The second-order valence-corrected chi connectivity index (χ2v) is 3.97. The fourth-order valence-electron chi connectivity index (χ4n) is 1.16. The van der Waals surface area contributed by atoms with Crippen LogP contribution < -0.4 is 0 Å². The fraction of sp³-hybridized carbons (Fsp3) is 0. The van der Waals surface area contributed by atoms with E-state index in [2.05, 4.69) is 23.2 Å². The van der Waals surface area contributed by atoms with Gasteiger partial charge in [0.15, 0.2) is 0 Å². The van der Waals surface area contributed by atoms with E-state index in [9.17, 15) is 0 Å². The summed E-state index contributed by atoms with van der Waals surface area (Å²) < 4.78 is 31.6. The molecule has 0 aliphatic carbocycles. The third kappa shape index (κ3) is 16.8. The van der Waals surface area contributed by atoms with Crippen LogP contribution in [0, 0.1) is 0 Å². The van der Waals surface area contributed by atoms with Gasteiger partial charge in [-0.1, -0.05) is 36.4 Å². The third-order valence-corrected chi connectivity index (χ3v) is 1.77. The van der Waals surface area contributed by atoms with Crippen molar-refractivity contribution in [2.45, 2.75) is 0 Å². The standard InChI is InChI=1S/C11H9N.4H2N.H2O4S.Ru/c1-2-5-10(6-3-1)11-7-4-8-12-9-11;;;;;1-5(2,3)4;/h1-9H;4*1H2;(H2,1,2,3,4);/q;4*-1;;+3. The summed E-state index contributed by atoms with van der Waals surface area (Å²) in [6, 6.07) is 14.2. The average Bonchev–Trinajstić information content (AvgIpc) is 2.29. The SMILES string of the molecule is O=S(=O)([O-])[OH2+].[NH2-].[NH2-].[NH2-].[NH2-].[Ru+3].c1ccc(-c2cccnc2)cc1. The Hall–Kier alpha value is -1.30. The molecule has 1 aromatic carbocycles. The number of aromatic nitrogens is 1. The number of pyridine rings is 1. The van der Waals surface area contributed by atoms with Gasteiger partial charge < -0.3 is 33.7 Å². The van der Waals surface area contributed by atoms with E-state index in [-0.39, 0.29) is 44.1 Å². The zero-order valence-electron chi connectivity index (χ0n) is 11.4. The molecule has 22 heavy (non-hydrogen) atoms. The van der Waals surface area contributed by atoms with Gasteiger partial charge in [0.05, 0.1) is 0 Å². The van der Waals surface area contributed by atoms with Gasteiger partial charge >= 0.3 is 29.9 Å². The van der Waals surface area contributed by atoms with Crippen molar-refractivity contribution in [2.24, 2.45) is 0 Å². The van der Waals surface area contributed by atoms with Crippen molar-refractivity contribution in [3.8, 4) is 11.1 Å².